The number of nitriles is 1. The molecule has 1 aromatic heterocycles. The number of rotatable bonds is 1. The van der Waals surface area contributed by atoms with Crippen LogP contribution < -0.4 is 10.2 Å². The third kappa shape index (κ3) is 2.15. The average Bonchev–Trinajstić information content (AvgIpc) is 2.29. The molecular formula is C12H16N4. The van der Waals surface area contributed by atoms with E-state index in [1.165, 1.54) is 0 Å². The number of aryl methyl sites for hydroxylation is 1. The van der Waals surface area contributed by atoms with Crippen molar-refractivity contribution in [2.75, 3.05) is 24.5 Å². The van der Waals surface area contributed by atoms with Crippen molar-refractivity contribution in [2.45, 2.75) is 19.9 Å². The molecule has 2 rings (SSSR count). The molecule has 0 saturated carbocycles. The van der Waals surface area contributed by atoms with Crippen LogP contribution in [0.4, 0.5) is 5.82 Å². The zero-order valence-electron chi connectivity index (χ0n) is 9.70. The lowest BCUT2D eigenvalue weighted by Crippen LogP contribution is -2.49. The van der Waals surface area contributed by atoms with E-state index in [-0.39, 0.29) is 0 Å². The number of nitrogens with zero attached hydrogens (tertiary/aromatic N) is 3. The van der Waals surface area contributed by atoms with Crippen molar-refractivity contribution in [3.05, 3.63) is 23.4 Å². The Bertz CT molecular complexity index is 422. The van der Waals surface area contributed by atoms with Gasteiger partial charge in [0.2, 0.25) is 0 Å². The predicted octanol–water partition coefficient (Wildman–Crippen LogP) is 1.06. The van der Waals surface area contributed by atoms with Gasteiger partial charge in [-0.05, 0) is 26.0 Å². The van der Waals surface area contributed by atoms with Crippen LogP contribution in [-0.4, -0.2) is 30.7 Å². The van der Waals surface area contributed by atoms with Gasteiger partial charge in [-0.3, -0.25) is 0 Å². The van der Waals surface area contributed by atoms with Crippen LogP contribution in [0.15, 0.2) is 12.1 Å². The van der Waals surface area contributed by atoms with E-state index in [9.17, 15) is 0 Å². The van der Waals surface area contributed by atoms with Gasteiger partial charge >= 0.3 is 0 Å². The van der Waals surface area contributed by atoms with Crippen molar-refractivity contribution in [1.29, 1.82) is 5.26 Å². The van der Waals surface area contributed by atoms with E-state index in [1.807, 2.05) is 19.1 Å². The summed E-state index contributed by atoms with van der Waals surface area (Å²) < 4.78 is 0. The summed E-state index contributed by atoms with van der Waals surface area (Å²) >= 11 is 0. The third-order valence-electron chi connectivity index (χ3n) is 2.80. The average molecular weight is 216 g/mol. The highest BCUT2D eigenvalue weighted by Gasteiger charge is 2.19. The predicted molar refractivity (Wildman–Crippen MR) is 63.4 cm³/mol. The molecule has 1 saturated heterocycles. The fourth-order valence-electron chi connectivity index (χ4n) is 2.00. The molecule has 0 aliphatic carbocycles. The van der Waals surface area contributed by atoms with Crippen LogP contribution in [0.2, 0.25) is 0 Å². The van der Waals surface area contributed by atoms with Crippen LogP contribution in [0.25, 0.3) is 0 Å². The van der Waals surface area contributed by atoms with Gasteiger partial charge in [0.1, 0.15) is 11.9 Å². The van der Waals surface area contributed by atoms with Crippen molar-refractivity contribution in [2.24, 2.45) is 0 Å². The molecule has 0 aromatic carbocycles. The third-order valence-corrected chi connectivity index (χ3v) is 2.80. The molecule has 1 aliphatic heterocycles. The molecule has 1 aliphatic rings. The SMILES string of the molecule is Cc1ccc(C#N)c(N2CCN[C@H](C)C2)n1. The highest BCUT2D eigenvalue weighted by molar-refractivity contribution is 5.54. The van der Waals surface area contributed by atoms with Crippen LogP contribution in [0.1, 0.15) is 18.2 Å². The molecule has 0 radical (unpaired) electrons. The maximum Gasteiger partial charge on any atom is 0.146 e. The molecule has 0 bridgehead atoms. The summed E-state index contributed by atoms with van der Waals surface area (Å²) in [5, 5.41) is 12.5. The monoisotopic (exact) mass is 216 g/mol. The first-order valence-corrected chi connectivity index (χ1v) is 5.57. The second kappa shape index (κ2) is 4.50. The van der Waals surface area contributed by atoms with E-state index >= 15 is 0 Å². The molecule has 4 nitrogen and oxygen atoms in total. The van der Waals surface area contributed by atoms with E-state index in [2.05, 4.69) is 28.2 Å². The summed E-state index contributed by atoms with van der Waals surface area (Å²) in [7, 11) is 0. The van der Waals surface area contributed by atoms with Crippen LogP contribution >= 0.6 is 0 Å². The van der Waals surface area contributed by atoms with E-state index in [0.717, 1.165) is 31.1 Å². The van der Waals surface area contributed by atoms with Crippen molar-refractivity contribution >= 4 is 5.82 Å². The van der Waals surface area contributed by atoms with Gasteiger partial charge in [-0.25, -0.2) is 4.98 Å². The number of nitrogens with one attached hydrogen (secondary N) is 1. The number of anilines is 1. The van der Waals surface area contributed by atoms with Crippen LogP contribution in [0.5, 0.6) is 0 Å². The molecule has 1 atom stereocenters. The Kier molecular flexibility index (Phi) is 3.07. The highest BCUT2D eigenvalue weighted by atomic mass is 15.2. The lowest BCUT2D eigenvalue weighted by atomic mass is 10.2. The maximum atomic E-state index is 9.07. The van der Waals surface area contributed by atoms with Gasteiger partial charge in [-0.15, -0.1) is 0 Å². The van der Waals surface area contributed by atoms with E-state index in [1.54, 1.807) is 0 Å². The number of aromatic nitrogens is 1. The topological polar surface area (TPSA) is 52.0 Å². The van der Waals surface area contributed by atoms with Gasteiger partial charge in [0, 0.05) is 31.4 Å². The summed E-state index contributed by atoms with van der Waals surface area (Å²) in [4.78, 5) is 6.66. The highest BCUT2D eigenvalue weighted by Crippen LogP contribution is 2.18. The lowest BCUT2D eigenvalue weighted by molar-refractivity contribution is 0.482. The molecule has 4 heteroatoms. The Morgan fingerprint density at radius 3 is 3.06 bits per heavy atom. The summed E-state index contributed by atoms with van der Waals surface area (Å²) in [6, 6.07) is 6.39. The van der Waals surface area contributed by atoms with Crippen LogP contribution in [0.3, 0.4) is 0 Å². The molecule has 0 unspecified atom stereocenters. The summed E-state index contributed by atoms with van der Waals surface area (Å²) in [6.45, 7) is 6.87. The lowest BCUT2D eigenvalue weighted by Gasteiger charge is -2.33. The normalized spacial score (nSPS) is 20.6. The van der Waals surface area contributed by atoms with Gasteiger partial charge in [-0.1, -0.05) is 0 Å². The van der Waals surface area contributed by atoms with E-state index in [0.29, 0.717) is 11.6 Å². The summed E-state index contributed by atoms with van der Waals surface area (Å²) in [6.07, 6.45) is 0. The summed E-state index contributed by atoms with van der Waals surface area (Å²) in [5.41, 5.74) is 1.62. The van der Waals surface area contributed by atoms with E-state index < -0.39 is 0 Å². The Balaban J connectivity index is 2.31. The number of hydrogen-bond acceptors (Lipinski definition) is 4. The first-order valence-electron chi connectivity index (χ1n) is 5.57. The molecule has 1 N–H and O–H groups in total. The Hall–Kier alpha value is -1.60. The zero-order valence-corrected chi connectivity index (χ0v) is 9.70. The van der Waals surface area contributed by atoms with Gasteiger partial charge in [0.15, 0.2) is 0 Å². The first kappa shape index (κ1) is 10.9. The fourth-order valence-corrected chi connectivity index (χ4v) is 2.00. The minimum atomic E-state index is 0.447. The minimum Gasteiger partial charge on any atom is -0.353 e. The van der Waals surface area contributed by atoms with Crippen molar-refractivity contribution < 1.29 is 0 Å². The quantitative estimate of drug-likeness (QED) is 0.762. The molecule has 2 heterocycles. The smallest absolute Gasteiger partial charge is 0.146 e. The molecule has 0 amide bonds. The Labute approximate surface area is 95.9 Å². The first-order chi connectivity index (χ1) is 7.70. The van der Waals surface area contributed by atoms with Crippen LogP contribution in [0, 0.1) is 18.3 Å². The second-order valence-electron chi connectivity index (χ2n) is 4.24. The fraction of sp³-hybridized carbons (Fsp3) is 0.500. The van der Waals surface area contributed by atoms with Crippen molar-refractivity contribution in [3.63, 3.8) is 0 Å². The molecule has 16 heavy (non-hydrogen) atoms. The number of pyridine rings is 1. The van der Waals surface area contributed by atoms with Gasteiger partial charge in [-0.2, -0.15) is 5.26 Å². The van der Waals surface area contributed by atoms with Crippen molar-refractivity contribution in [1.82, 2.24) is 10.3 Å². The largest absolute Gasteiger partial charge is 0.353 e. The molecule has 1 fully saturated rings. The minimum absolute atomic E-state index is 0.447. The summed E-state index contributed by atoms with van der Waals surface area (Å²) in [5.74, 6) is 0.829. The molecule has 84 valence electrons. The molecular weight excluding hydrogens is 200 g/mol. The zero-order chi connectivity index (χ0) is 11.5. The Morgan fingerprint density at radius 1 is 1.56 bits per heavy atom. The van der Waals surface area contributed by atoms with Crippen molar-refractivity contribution in [3.8, 4) is 6.07 Å². The molecule has 0 spiro atoms. The van der Waals surface area contributed by atoms with Crippen LogP contribution in [-0.2, 0) is 0 Å². The van der Waals surface area contributed by atoms with Gasteiger partial charge in [0.05, 0.1) is 5.56 Å². The second-order valence-corrected chi connectivity index (χ2v) is 4.24. The number of hydrogen-bond donors (Lipinski definition) is 1. The Morgan fingerprint density at radius 2 is 2.38 bits per heavy atom. The van der Waals surface area contributed by atoms with E-state index in [4.69, 9.17) is 5.26 Å². The maximum absolute atomic E-state index is 9.07. The standard InChI is InChI=1S/C12H16N4/c1-9-3-4-11(7-13)12(15-9)16-6-5-14-10(2)8-16/h3-4,10,14H,5-6,8H2,1-2H3/t10-/m1/s1. The molecule has 1 aromatic rings. The van der Waals surface area contributed by atoms with Gasteiger partial charge < -0.3 is 10.2 Å². The number of piperazine rings is 1. The van der Waals surface area contributed by atoms with Gasteiger partial charge in [0.25, 0.3) is 0 Å².